The van der Waals surface area contributed by atoms with Crippen LogP contribution in [0.2, 0.25) is 0 Å². The van der Waals surface area contributed by atoms with Gasteiger partial charge >= 0.3 is 0 Å². The van der Waals surface area contributed by atoms with Crippen molar-refractivity contribution in [2.24, 2.45) is 27.2 Å². The van der Waals surface area contributed by atoms with Crippen LogP contribution in [-0.2, 0) is 0 Å². The number of aliphatic imine (C=N–C) groups is 2. The fraction of sp³-hybridized carbons (Fsp3) is 0.200. The second kappa shape index (κ2) is 5.11. The van der Waals surface area contributed by atoms with E-state index in [1.807, 2.05) is 0 Å². The average molecular weight is 223 g/mol. The van der Waals surface area contributed by atoms with Crippen molar-refractivity contribution in [1.29, 1.82) is 0 Å². The summed E-state index contributed by atoms with van der Waals surface area (Å²) in [7, 11) is 0. The zero-order chi connectivity index (χ0) is 12.1. The fourth-order valence-electron chi connectivity index (χ4n) is 1.24. The molecule has 0 heterocycles. The molecule has 6 N–H and O–H groups in total. The maximum absolute atomic E-state index is 13.4. The van der Waals surface area contributed by atoms with Crippen LogP contribution in [0.25, 0.3) is 0 Å². The van der Waals surface area contributed by atoms with Crippen LogP contribution in [0.15, 0.2) is 34.3 Å². The standard InChI is InChI=1S/C10H14FN5/c1-6(15-10(14)16-9(12)13)7-4-2-3-5-8(7)11/h2-6H,1H3,(H6,12,13,14,15,16). The Morgan fingerprint density at radius 1 is 1.25 bits per heavy atom. The van der Waals surface area contributed by atoms with Crippen molar-refractivity contribution in [3.63, 3.8) is 0 Å². The van der Waals surface area contributed by atoms with Crippen LogP contribution >= 0.6 is 0 Å². The molecule has 0 amide bonds. The molecule has 1 unspecified atom stereocenters. The van der Waals surface area contributed by atoms with Crippen LogP contribution in [0.1, 0.15) is 18.5 Å². The molecule has 16 heavy (non-hydrogen) atoms. The lowest BCUT2D eigenvalue weighted by Gasteiger charge is -2.07. The summed E-state index contributed by atoms with van der Waals surface area (Å²) in [5.74, 6) is -0.589. The summed E-state index contributed by atoms with van der Waals surface area (Å²) in [6, 6.07) is 5.88. The number of nitrogens with two attached hydrogens (primary N) is 3. The van der Waals surface area contributed by atoms with Gasteiger partial charge in [-0.1, -0.05) is 18.2 Å². The van der Waals surface area contributed by atoms with Crippen molar-refractivity contribution in [3.8, 4) is 0 Å². The summed E-state index contributed by atoms with van der Waals surface area (Å²) >= 11 is 0. The van der Waals surface area contributed by atoms with Crippen LogP contribution in [0.3, 0.4) is 0 Å². The van der Waals surface area contributed by atoms with Crippen molar-refractivity contribution in [2.75, 3.05) is 0 Å². The molecule has 0 saturated carbocycles. The van der Waals surface area contributed by atoms with Gasteiger partial charge in [-0.25, -0.2) is 9.38 Å². The molecule has 1 aromatic carbocycles. The van der Waals surface area contributed by atoms with Gasteiger partial charge in [-0.05, 0) is 13.0 Å². The molecule has 0 aliphatic carbocycles. The first kappa shape index (κ1) is 12.0. The van der Waals surface area contributed by atoms with Gasteiger partial charge < -0.3 is 17.2 Å². The Morgan fingerprint density at radius 3 is 2.44 bits per heavy atom. The largest absolute Gasteiger partial charge is 0.370 e. The second-order valence-electron chi connectivity index (χ2n) is 3.22. The summed E-state index contributed by atoms with van der Waals surface area (Å²) in [5, 5.41) is 0. The van der Waals surface area contributed by atoms with E-state index >= 15 is 0 Å². The zero-order valence-electron chi connectivity index (χ0n) is 8.89. The predicted octanol–water partition coefficient (Wildman–Crippen LogP) is 0.475. The molecule has 0 bridgehead atoms. The van der Waals surface area contributed by atoms with Gasteiger partial charge in [0.1, 0.15) is 5.82 Å². The third-order valence-corrected chi connectivity index (χ3v) is 1.92. The highest BCUT2D eigenvalue weighted by Gasteiger charge is 2.08. The maximum Gasteiger partial charge on any atom is 0.219 e. The van der Waals surface area contributed by atoms with Gasteiger partial charge in [0, 0.05) is 5.56 Å². The Labute approximate surface area is 92.9 Å². The van der Waals surface area contributed by atoms with E-state index in [4.69, 9.17) is 17.2 Å². The number of halogens is 1. The number of rotatable bonds is 2. The third-order valence-electron chi connectivity index (χ3n) is 1.92. The molecular weight excluding hydrogens is 209 g/mol. The molecular formula is C10H14FN5. The van der Waals surface area contributed by atoms with E-state index in [2.05, 4.69) is 9.98 Å². The number of hydrogen-bond acceptors (Lipinski definition) is 1. The molecule has 0 radical (unpaired) electrons. The number of nitrogens with zero attached hydrogens (tertiary/aromatic N) is 2. The molecule has 0 aliphatic rings. The SMILES string of the molecule is CC(N=C(N)N=C(N)N)c1ccccc1F. The first-order valence-electron chi connectivity index (χ1n) is 4.68. The van der Waals surface area contributed by atoms with Crippen molar-refractivity contribution < 1.29 is 4.39 Å². The summed E-state index contributed by atoms with van der Waals surface area (Å²) < 4.78 is 13.4. The van der Waals surface area contributed by atoms with E-state index in [0.29, 0.717) is 5.56 Å². The zero-order valence-corrected chi connectivity index (χ0v) is 8.89. The number of hydrogen-bond donors (Lipinski definition) is 3. The van der Waals surface area contributed by atoms with E-state index in [-0.39, 0.29) is 17.7 Å². The molecule has 6 heteroatoms. The van der Waals surface area contributed by atoms with Crippen LogP contribution < -0.4 is 17.2 Å². The van der Waals surface area contributed by atoms with E-state index in [1.54, 1.807) is 25.1 Å². The molecule has 86 valence electrons. The summed E-state index contributed by atoms with van der Waals surface area (Å²) in [4.78, 5) is 7.51. The lowest BCUT2D eigenvalue weighted by atomic mass is 10.1. The lowest BCUT2D eigenvalue weighted by Crippen LogP contribution is -2.26. The molecule has 1 rings (SSSR count). The van der Waals surface area contributed by atoms with E-state index in [9.17, 15) is 4.39 Å². The highest BCUT2D eigenvalue weighted by atomic mass is 19.1. The molecule has 0 fully saturated rings. The maximum atomic E-state index is 13.4. The minimum Gasteiger partial charge on any atom is -0.370 e. The minimum atomic E-state index is -0.440. The van der Waals surface area contributed by atoms with Gasteiger partial charge in [0.25, 0.3) is 0 Å². The van der Waals surface area contributed by atoms with Gasteiger partial charge in [0.05, 0.1) is 6.04 Å². The van der Waals surface area contributed by atoms with Crippen LogP contribution in [-0.4, -0.2) is 11.9 Å². The Bertz CT molecular complexity index is 423. The molecule has 0 aliphatic heterocycles. The Morgan fingerprint density at radius 2 is 1.88 bits per heavy atom. The molecule has 0 saturated heterocycles. The van der Waals surface area contributed by atoms with Gasteiger partial charge in [-0.3, -0.25) is 0 Å². The molecule has 5 nitrogen and oxygen atoms in total. The van der Waals surface area contributed by atoms with Gasteiger partial charge in [0.2, 0.25) is 5.96 Å². The first-order valence-corrected chi connectivity index (χ1v) is 4.68. The van der Waals surface area contributed by atoms with Crippen molar-refractivity contribution in [1.82, 2.24) is 0 Å². The second-order valence-corrected chi connectivity index (χ2v) is 3.22. The summed E-state index contributed by atoms with van der Waals surface area (Å²) in [6.45, 7) is 1.70. The Hall–Kier alpha value is -2.11. The number of guanidine groups is 2. The normalized spacial score (nSPS) is 13.2. The van der Waals surface area contributed by atoms with E-state index in [0.717, 1.165) is 0 Å². The van der Waals surface area contributed by atoms with Crippen LogP contribution in [0.5, 0.6) is 0 Å². The monoisotopic (exact) mass is 223 g/mol. The van der Waals surface area contributed by atoms with Gasteiger partial charge in [-0.2, -0.15) is 4.99 Å². The smallest absolute Gasteiger partial charge is 0.219 e. The van der Waals surface area contributed by atoms with Crippen molar-refractivity contribution in [3.05, 3.63) is 35.6 Å². The van der Waals surface area contributed by atoms with Crippen molar-refractivity contribution >= 4 is 11.9 Å². The van der Waals surface area contributed by atoms with E-state index < -0.39 is 6.04 Å². The molecule has 1 aromatic rings. The quantitative estimate of drug-likeness (QED) is 0.501. The lowest BCUT2D eigenvalue weighted by molar-refractivity contribution is 0.594. The number of benzene rings is 1. The summed E-state index contributed by atoms with van der Waals surface area (Å²) in [6.07, 6.45) is 0. The van der Waals surface area contributed by atoms with E-state index in [1.165, 1.54) is 6.07 Å². The third kappa shape index (κ3) is 3.23. The highest BCUT2D eigenvalue weighted by Crippen LogP contribution is 2.19. The van der Waals surface area contributed by atoms with Gasteiger partial charge in [-0.15, -0.1) is 0 Å². The fourth-order valence-corrected chi connectivity index (χ4v) is 1.24. The highest BCUT2D eigenvalue weighted by molar-refractivity contribution is 5.92. The average Bonchev–Trinajstić information content (AvgIpc) is 2.16. The van der Waals surface area contributed by atoms with Crippen LogP contribution in [0, 0.1) is 5.82 Å². The predicted molar refractivity (Wildman–Crippen MR) is 62.2 cm³/mol. The van der Waals surface area contributed by atoms with Gasteiger partial charge in [0.15, 0.2) is 5.96 Å². The van der Waals surface area contributed by atoms with Crippen molar-refractivity contribution in [2.45, 2.75) is 13.0 Å². The first-order chi connectivity index (χ1) is 7.50. The molecule has 0 spiro atoms. The van der Waals surface area contributed by atoms with Crippen LogP contribution in [0.4, 0.5) is 4.39 Å². The minimum absolute atomic E-state index is 0.0734. The topological polar surface area (TPSA) is 103 Å². The summed E-state index contributed by atoms with van der Waals surface area (Å²) in [5.41, 5.74) is 16.1. The Kier molecular flexibility index (Phi) is 3.82. The Balaban J connectivity index is 2.92. The molecule has 1 atom stereocenters. The molecule has 0 aromatic heterocycles.